The van der Waals surface area contributed by atoms with Crippen molar-refractivity contribution < 1.29 is 9.59 Å². The Morgan fingerprint density at radius 2 is 2.13 bits per heavy atom. The number of carbonyl (C=O) groups is 2. The van der Waals surface area contributed by atoms with Gasteiger partial charge in [-0.1, -0.05) is 26.0 Å². The van der Waals surface area contributed by atoms with Gasteiger partial charge in [-0.05, 0) is 24.5 Å². The minimum atomic E-state index is 0.101. The van der Waals surface area contributed by atoms with Crippen LogP contribution >= 0.6 is 0 Å². The van der Waals surface area contributed by atoms with E-state index in [1.54, 1.807) is 0 Å². The molecule has 1 fully saturated rings. The van der Waals surface area contributed by atoms with E-state index in [2.05, 4.69) is 19.2 Å². The highest BCUT2D eigenvalue weighted by atomic mass is 16.2. The molecule has 3 rings (SSSR count). The van der Waals surface area contributed by atoms with Crippen LogP contribution in [0.25, 0.3) is 0 Å². The van der Waals surface area contributed by atoms with Gasteiger partial charge >= 0.3 is 0 Å². The Hall–Kier alpha value is -2.04. The van der Waals surface area contributed by atoms with Crippen molar-refractivity contribution in [3.05, 3.63) is 24.3 Å². The summed E-state index contributed by atoms with van der Waals surface area (Å²) >= 11 is 0. The van der Waals surface area contributed by atoms with Crippen molar-refractivity contribution in [3.8, 4) is 0 Å². The van der Waals surface area contributed by atoms with Crippen molar-refractivity contribution >= 4 is 23.2 Å². The van der Waals surface area contributed by atoms with E-state index in [0.29, 0.717) is 31.8 Å². The van der Waals surface area contributed by atoms with Crippen LogP contribution in [0, 0.1) is 5.92 Å². The van der Waals surface area contributed by atoms with Gasteiger partial charge in [0, 0.05) is 38.5 Å². The van der Waals surface area contributed by atoms with Gasteiger partial charge < -0.3 is 15.1 Å². The van der Waals surface area contributed by atoms with E-state index in [0.717, 1.165) is 24.3 Å². The second-order valence-electron chi connectivity index (χ2n) is 6.75. The molecule has 0 spiro atoms. The number of anilines is 2. The van der Waals surface area contributed by atoms with Crippen molar-refractivity contribution in [2.45, 2.75) is 39.2 Å². The summed E-state index contributed by atoms with van der Waals surface area (Å²) in [6.45, 7) is 6.34. The second kappa shape index (κ2) is 6.60. The monoisotopic (exact) mass is 315 g/mol. The molecular formula is C18H25N3O2. The normalized spacial score (nSPS) is 20.7. The number of nitrogens with one attached hydrogen (secondary N) is 1. The standard InChI is InChI=1S/C18H25N3O2/c1-13(2)15-12-21(16-7-4-3-6-14(16)19-15)18(23)9-11-20-10-5-8-17(20)22/h3-4,6-7,13,15,19H,5,8-12H2,1-2H3/t15-/m0/s1. The predicted octanol–water partition coefficient (Wildman–Crippen LogP) is 2.48. The Labute approximate surface area is 137 Å². The summed E-state index contributed by atoms with van der Waals surface area (Å²) in [6, 6.07) is 8.20. The van der Waals surface area contributed by atoms with Gasteiger partial charge in [-0.15, -0.1) is 0 Å². The lowest BCUT2D eigenvalue weighted by Crippen LogP contribution is -2.47. The molecule has 2 heterocycles. The zero-order valence-corrected chi connectivity index (χ0v) is 13.9. The fraction of sp³-hybridized carbons (Fsp3) is 0.556. The maximum absolute atomic E-state index is 12.8. The zero-order chi connectivity index (χ0) is 16.4. The van der Waals surface area contributed by atoms with E-state index in [-0.39, 0.29) is 17.9 Å². The third-order valence-electron chi connectivity index (χ3n) is 4.79. The molecule has 124 valence electrons. The van der Waals surface area contributed by atoms with Crippen molar-refractivity contribution in [1.82, 2.24) is 4.90 Å². The number of para-hydroxylation sites is 2. The first-order chi connectivity index (χ1) is 11.1. The number of carbonyl (C=O) groups excluding carboxylic acids is 2. The van der Waals surface area contributed by atoms with Crippen molar-refractivity contribution in [2.24, 2.45) is 5.92 Å². The summed E-state index contributed by atoms with van der Waals surface area (Å²) in [5.41, 5.74) is 1.96. The summed E-state index contributed by atoms with van der Waals surface area (Å²) in [6.07, 6.45) is 1.93. The number of rotatable bonds is 4. The Morgan fingerprint density at radius 1 is 1.35 bits per heavy atom. The smallest absolute Gasteiger partial charge is 0.228 e. The van der Waals surface area contributed by atoms with Gasteiger partial charge in [0.15, 0.2) is 0 Å². The number of benzene rings is 1. The van der Waals surface area contributed by atoms with E-state index in [1.165, 1.54) is 0 Å². The van der Waals surface area contributed by atoms with Crippen LogP contribution in [-0.4, -0.2) is 42.4 Å². The van der Waals surface area contributed by atoms with Gasteiger partial charge in [0.2, 0.25) is 11.8 Å². The molecule has 1 atom stereocenters. The van der Waals surface area contributed by atoms with Crippen molar-refractivity contribution in [1.29, 1.82) is 0 Å². The van der Waals surface area contributed by atoms with Crippen LogP contribution in [0.3, 0.4) is 0 Å². The highest BCUT2D eigenvalue weighted by Gasteiger charge is 2.30. The first kappa shape index (κ1) is 15.8. The molecule has 1 saturated heterocycles. The van der Waals surface area contributed by atoms with Gasteiger partial charge in [0.25, 0.3) is 0 Å². The minimum Gasteiger partial charge on any atom is -0.379 e. The lowest BCUT2D eigenvalue weighted by Gasteiger charge is -2.38. The summed E-state index contributed by atoms with van der Waals surface area (Å²) in [7, 11) is 0. The summed E-state index contributed by atoms with van der Waals surface area (Å²) in [5, 5.41) is 3.53. The number of hydrogen-bond acceptors (Lipinski definition) is 3. The second-order valence-corrected chi connectivity index (χ2v) is 6.75. The maximum atomic E-state index is 12.8. The van der Waals surface area contributed by atoms with Crippen molar-refractivity contribution in [3.63, 3.8) is 0 Å². The predicted molar refractivity (Wildman–Crippen MR) is 91.5 cm³/mol. The molecule has 0 unspecified atom stereocenters. The molecular weight excluding hydrogens is 290 g/mol. The molecule has 0 radical (unpaired) electrons. The van der Waals surface area contributed by atoms with E-state index < -0.39 is 0 Å². The van der Waals surface area contributed by atoms with Gasteiger partial charge in [-0.3, -0.25) is 9.59 Å². The average molecular weight is 315 g/mol. The molecule has 2 aliphatic rings. The summed E-state index contributed by atoms with van der Waals surface area (Å²) in [5.74, 6) is 0.724. The summed E-state index contributed by atoms with van der Waals surface area (Å²) in [4.78, 5) is 28.1. The Kier molecular flexibility index (Phi) is 4.55. The highest BCUT2D eigenvalue weighted by Crippen LogP contribution is 2.32. The largest absolute Gasteiger partial charge is 0.379 e. The van der Waals surface area contributed by atoms with Crippen LogP contribution in [0.15, 0.2) is 24.3 Å². The zero-order valence-electron chi connectivity index (χ0n) is 13.9. The average Bonchev–Trinajstić information content (AvgIpc) is 2.96. The quantitative estimate of drug-likeness (QED) is 0.929. The van der Waals surface area contributed by atoms with Crippen LogP contribution in [0.1, 0.15) is 33.1 Å². The van der Waals surface area contributed by atoms with Gasteiger partial charge in [-0.2, -0.15) is 0 Å². The topological polar surface area (TPSA) is 52.7 Å². The highest BCUT2D eigenvalue weighted by molar-refractivity contribution is 5.98. The molecule has 2 amide bonds. The Balaban J connectivity index is 1.72. The van der Waals surface area contributed by atoms with E-state index in [4.69, 9.17) is 0 Å². The summed E-state index contributed by atoms with van der Waals surface area (Å²) < 4.78 is 0. The minimum absolute atomic E-state index is 0.101. The fourth-order valence-corrected chi connectivity index (χ4v) is 3.29. The molecule has 2 aliphatic heterocycles. The SMILES string of the molecule is CC(C)[C@@H]1CN(C(=O)CCN2CCCC2=O)c2ccccc2N1. The van der Waals surface area contributed by atoms with E-state index in [1.807, 2.05) is 34.1 Å². The maximum Gasteiger partial charge on any atom is 0.228 e. The van der Waals surface area contributed by atoms with Crippen LogP contribution in [0.5, 0.6) is 0 Å². The van der Waals surface area contributed by atoms with E-state index >= 15 is 0 Å². The number of likely N-dealkylation sites (tertiary alicyclic amines) is 1. The molecule has 0 aromatic heterocycles. The first-order valence-electron chi connectivity index (χ1n) is 8.50. The van der Waals surface area contributed by atoms with Gasteiger partial charge in [0.05, 0.1) is 11.4 Å². The number of amides is 2. The fourth-order valence-electron chi connectivity index (χ4n) is 3.29. The van der Waals surface area contributed by atoms with Crippen LogP contribution < -0.4 is 10.2 Å². The third kappa shape index (κ3) is 3.33. The van der Waals surface area contributed by atoms with E-state index in [9.17, 15) is 9.59 Å². The van der Waals surface area contributed by atoms with Gasteiger partial charge in [0.1, 0.15) is 0 Å². The molecule has 1 N–H and O–H groups in total. The molecule has 5 heteroatoms. The van der Waals surface area contributed by atoms with Crippen molar-refractivity contribution in [2.75, 3.05) is 29.9 Å². The molecule has 5 nitrogen and oxygen atoms in total. The Bertz CT molecular complexity index is 600. The number of nitrogens with zero attached hydrogens (tertiary/aromatic N) is 2. The van der Waals surface area contributed by atoms with Crippen LogP contribution in [-0.2, 0) is 9.59 Å². The molecule has 0 aliphatic carbocycles. The lowest BCUT2D eigenvalue weighted by atomic mass is 9.99. The first-order valence-corrected chi connectivity index (χ1v) is 8.50. The Morgan fingerprint density at radius 3 is 2.83 bits per heavy atom. The number of hydrogen-bond donors (Lipinski definition) is 1. The molecule has 1 aromatic carbocycles. The molecule has 1 aromatic rings. The lowest BCUT2D eigenvalue weighted by molar-refractivity contribution is -0.128. The van der Waals surface area contributed by atoms with Crippen LogP contribution in [0.4, 0.5) is 11.4 Å². The molecule has 0 saturated carbocycles. The number of fused-ring (bicyclic) bond motifs is 1. The molecule has 23 heavy (non-hydrogen) atoms. The molecule has 0 bridgehead atoms. The van der Waals surface area contributed by atoms with Crippen LogP contribution in [0.2, 0.25) is 0 Å². The van der Waals surface area contributed by atoms with Gasteiger partial charge in [-0.25, -0.2) is 0 Å². The third-order valence-corrected chi connectivity index (χ3v) is 4.79.